The minimum atomic E-state index is 0.299. The van der Waals surface area contributed by atoms with Gasteiger partial charge >= 0.3 is 0 Å². The second-order valence-corrected chi connectivity index (χ2v) is 7.68. The third-order valence-corrected chi connectivity index (χ3v) is 6.85. The van der Waals surface area contributed by atoms with Crippen LogP contribution in [0, 0.1) is 0 Å². The van der Waals surface area contributed by atoms with E-state index in [9.17, 15) is 0 Å². The molecule has 3 rings (SSSR count). The van der Waals surface area contributed by atoms with Gasteiger partial charge in [0, 0.05) is 35.8 Å². The van der Waals surface area contributed by atoms with E-state index in [4.69, 9.17) is 9.26 Å². The largest absolute Gasteiger partial charge is 0.378 e. The van der Waals surface area contributed by atoms with Gasteiger partial charge in [0.05, 0.1) is 18.5 Å². The van der Waals surface area contributed by atoms with Crippen molar-refractivity contribution in [2.45, 2.75) is 36.3 Å². The Labute approximate surface area is 128 Å². The first-order chi connectivity index (χ1) is 9.86. The molecular weight excluding hydrogens is 294 g/mol. The maximum absolute atomic E-state index is 5.45. The molecule has 3 unspecified atom stereocenters. The molecule has 1 N–H and O–H groups in total. The Hall–Kier alpha value is -0.240. The van der Waals surface area contributed by atoms with Gasteiger partial charge in [-0.2, -0.15) is 16.7 Å². The number of hydrogen-bond donors (Lipinski definition) is 1. The summed E-state index contributed by atoms with van der Waals surface area (Å²) in [6.07, 6.45) is 1.92. The number of nitrogens with zero attached hydrogens (tertiary/aromatic N) is 2. The van der Waals surface area contributed by atoms with Crippen LogP contribution in [-0.2, 0) is 11.2 Å². The Bertz CT molecular complexity index is 424. The molecular formula is C13H21N3O2S2. The fourth-order valence-electron chi connectivity index (χ4n) is 2.57. The van der Waals surface area contributed by atoms with Crippen molar-refractivity contribution in [1.29, 1.82) is 0 Å². The molecule has 20 heavy (non-hydrogen) atoms. The number of rotatable bonds is 4. The average molecular weight is 315 g/mol. The summed E-state index contributed by atoms with van der Waals surface area (Å²) in [5, 5.41) is 8.62. The van der Waals surface area contributed by atoms with Crippen LogP contribution in [-0.4, -0.2) is 52.7 Å². The van der Waals surface area contributed by atoms with Crippen LogP contribution in [0.25, 0.3) is 0 Å². The first-order valence-corrected chi connectivity index (χ1v) is 9.33. The lowest BCUT2D eigenvalue weighted by Crippen LogP contribution is -2.42. The molecule has 2 fully saturated rings. The standard InChI is InChI=1S/C13H21N3O2S2/c1-2-10-12(20-6-5-19-10)13-15-11(18-16-13)7-9-8-17-4-3-14-9/h9-10,12,14H,2-8H2,1H3. The summed E-state index contributed by atoms with van der Waals surface area (Å²) in [5.41, 5.74) is 0. The van der Waals surface area contributed by atoms with Crippen LogP contribution in [0.15, 0.2) is 4.52 Å². The summed E-state index contributed by atoms with van der Waals surface area (Å²) in [6, 6.07) is 0.299. The van der Waals surface area contributed by atoms with Gasteiger partial charge in [0.15, 0.2) is 5.82 Å². The Balaban J connectivity index is 1.63. The molecule has 0 saturated carbocycles. The highest BCUT2D eigenvalue weighted by atomic mass is 32.2. The molecule has 3 heterocycles. The van der Waals surface area contributed by atoms with E-state index in [1.807, 2.05) is 23.5 Å². The molecule has 0 spiro atoms. The van der Waals surface area contributed by atoms with Crippen LogP contribution in [0.5, 0.6) is 0 Å². The predicted octanol–water partition coefficient (Wildman–Crippen LogP) is 1.90. The molecule has 1 aromatic rings. The molecule has 112 valence electrons. The van der Waals surface area contributed by atoms with Crippen molar-refractivity contribution in [2.24, 2.45) is 0 Å². The van der Waals surface area contributed by atoms with Crippen LogP contribution in [0.3, 0.4) is 0 Å². The smallest absolute Gasteiger partial charge is 0.228 e. The summed E-state index contributed by atoms with van der Waals surface area (Å²) in [6.45, 7) is 4.66. The van der Waals surface area contributed by atoms with Gasteiger partial charge in [-0.05, 0) is 6.42 Å². The fraction of sp³-hybridized carbons (Fsp3) is 0.846. The quantitative estimate of drug-likeness (QED) is 0.910. The van der Waals surface area contributed by atoms with Gasteiger partial charge in [-0.15, -0.1) is 11.8 Å². The summed E-state index contributed by atoms with van der Waals surface area (Å²) >= 11 is 4.00. The van der Waals surface area contributed by atoms with E-state index >= 15 is 0 Å². The van der Waals surface area contributed by atoms with Crippen molar-refractivity contribution >= 4 is 23.5 Å². The topological polar surface area (TPSA) is 60.2 Å². The third kappa shape index (κ3) is 3.50. The lowest BCUT2D eigenvalue weighted by Gasteiger charge is -2.27. The predicted molar refractivity (Wildman–Crippen MR) is 82.3 cm³/mol. The van der Waals surface area contributed by atoms with E-state index in [0.29, 0.717) is 16.5 Å². The Morgan fingerprint density at radius 3 is 3.05 bits per heavy atom. The molecule has 1 aromatic heterocycles. The van der Waals surface area contributed by atoms with Crippen molar-refractivity contribution in [1.82, 2.24) is 15.5 Å². The van der Waals surface area contributed by atoms with Crippen molar-refractivity contribution in [2.75, 3.05) is 31.3 Å². The molecule has 0 bridgehead atoms. The highest BCUT2D eigenvalue weighted by Crippen LogP contribution is 2.42. The average Bonchev–Trinajstić information content (AvgIpc) is 2.96. The second kappa shape index (κ2) is 7.15. The van der Waals surface area contributed by atoms with E-state index in [2.05, 4.69) is 22.4 Å². The van der Waals surface area contributed by atoms with Crippen molar-refractivity contribution in [3.8, 4) is 0 Å². The first kappa shape index (κ1) is 14.7. The molecule has 7 heteroatoms. The molecule has 2 aliphatic rings. The number of thioether (sulfide) groups is 2. The molecule has 0 aliphatic carbocycles. The Morgan fingerprint density at radius 1 is 1.35 bits per heavy atom. The summed E-state index contributed by atoms with van der Waals surface area (Å²) < 4.78 is 10.9. The number of nitrogens with one attached hydrogen (secondary N) is 1. The van der Waals surface area contributed by atoms with E-state index in [1.165, 1.54) is 11.5 Å². The van der Waals surface area contributed by atoms with Gasteiger partial charge < -0.3 is 14.6 Å². The number of hydrogen-bond acceptors (Lipinski definition) is 7. The zero-order chi connectivity index (χ0) is 13.8. The van der Waals surface area contributed by atoms with Crippen LogP contribution in [0.1, 0.15) is 30.3 Å². The molecule has 0 aromatic carbocycles. The fourth-order valence-corrected chi connectivity index (χ4v) is 5.55. The molecule has 0 amide bonds. The van der Waals surface area contributed by atoms with E-state index in [1.54, 1.807) is 0 Å². The Kier molecular flexibility index (Phi) is 5.25. The van der Waals surface area contributed by atoms with Crippen LogP contribution in [0.4, 0.5) is 0 Å². The molecule has 2 aliphatic heterocycles. The van der Waals surface area contributed by atoms with Gasteiger partial charge in [0.25, 0.3) is 0 Å². The summed E-state index contributed by atoms with van der Waals surface area (Å²) in [5.74, 6) is 4.01. The van der Waals surface area contributed by atoms with Crippen LogP contribution < -0.4 is 5.32 Å². The van der Waals surface area contributed by atoms with Crippen LogP contribution in [0.2, 0.25) is 0 Å². The number of ether oxygens (including phenoxy) is 1. The summed E-state index contributed by atoms with van der Waals surface area (Å²) in [4.78, 5) is 4.62. The minimum absolute atomic E-state index is 0.299. The van der Waals surface area contributed by atoms with Gasteiger partial charge in [-0.1, -0.05) is 12.1 Å². The maximum atomic E-state index is 5.45. The van der Waals surface area contributed by atoms with E-state index in [-0.39, 0.29) is 0 Å². The minimum Gasteiger partial charge on any atom is -0.378 e. The van der Waals surface area contributed by atoms with E-state index in [0.717, 1.165) is 44.3 Å². The lowest BCUT2D eigenvalue weighted by molar-refractivity contribution is 0.0744. The van der Waals surface area contributed by atoms with Crippen molar-refractivity contribution in [3.63, 3.8) is 0 Å². The maximum Gasteiger partial charge on any atom is 0.228 e. The highest BCUT2D eigenvalue weighted by molar-refractivity contribution is 8.06. The SMILES string of the molecule is CCC1SCCSC1c1noc(CC2COCCN2)n1. The monoisotopic (exact) mass is 315 g/mol. The molecule has 5 nitrogen and oxygen atoms in total. The van der Waals surface area contributed by atoms with Gasteiger partial charge in [0.1, 0.15) is 0 Å². The van der Waals surface area contributed by atoms with Gasteiger partial charge in [-0.25, -0.2) is 0 Å². The number of morpholine rings is 1. The molecule has 3 atom stereocenters. The Morgan fingerprint density at radius 2 is 2.25 bits per heavy atom. The van der Waals surface area contributed by atoms with Crippen LogP contribution >= 0.6 is 23.5 Å². The zero-order valence-corrected chi connectivity index (χ0v) is 13.3. The van der Waals surface area contributed by atoms with Gasteiger partial charge in [0.2, 0.25) is 5.89 Å². The zero-order valence-electron chi connectivity index (χ0n) is 11.7. The second-order valence-electron chi connectivity index (χ2n) is 5.09. The normalized spacial score (nSPS) is 31.4. The van der Waals surface area contributed by atoms with Crippen molar-refractivity contribution < 1.29 is 9.26 Å². The first-order valence-electron chi connectivity index (χ1n) is 7.23. The molecule has 0 radical (unpaired) electrons. The van der Waals surface area contributed by atoms with Gasteiger partial charge in [-0.3, -0.25) is 0 Å². The molecule has 2 saturated heterocycles. The number of aromatic nitrogens is 2. The van der Waals surface area contributed by atoms with E-state index < -0.39 is 0 Å². The summed E-state index contributed by atoms with van der Waals surface area (Å²) in [7, 11) is 0. The van der Waals surface area contributed by atoms with Crippen molar-refractivity contribution in [3.05, 3.63) is 11.7 Å². The highest BCUT2D eigenvalue weighted by Gasteiger charge is 2.30. The lowest BCUT2D eigenvalue weighted by atomic mass is 10.2. The third-order valence-electron chi connectivity index (χ3n) is 3.61.